The predicted octanol–water partition coefficient (Wildman–Crippen LogP) is 3.88. The molecule has 0 aliphatic carbocycles. The van der Waals surface area contributed by atoms with Crippen molar-refractivity contribution in [2.75, 3.05) is 25.5 Å². The first kappa shape index (κ1) is 20.6. The number of halogens is 1. The number of nitrogens with zero attached hydrogens (tertiary/aromatic N) is 2. The van der Waals surface area contributed by atoms with Crippen LogP contribution in [0.15, 0.2) is 48.5 Å². The summed E-state index contributed by atoms with van der Waals surface area (Å²) >= 11 is 0. The van der Waals surface area contributed by atoms with E-state index in [1.165, 1.54) is 12.1 Å². The second-order valence-corrected chi connectivity index (χ2v) is 7.12. The van der Waals surface area contributed by atoms with Gasteiger partial charge >= 0.3 is 6.03 Å². The summed E-state index contributed by atoms with van der Waals surface area (Å²) in [4.78, 5) is 28.2. The Labute approximate surface area is 170 Å². The fourth-order valence-corrected chi connectivity index (χ4v) is 3.54. The maximum atomic E-state index is 14.0. The highest BCUT2D eigenvalue weighted by Crippen LogP contribution is 2.22. The monoisotopic (exact) mass is 399 g/mol. The Morgan fingerprint density at radius 1 is 1.14 bits per heavy atom. The van der Waals surface area contributed by atoms with Gasteiger partial charge in [-0.05, 0) is 42.7 Å². The number of urea groups is 1. The van der Waals surface area contributed by atoms with Crippen LogP contribution in [0.5, 0.6) is 5.75 Å². The van der Waals surface area contributed by atoms with E-state index in [0.717, 1.165) is 11.3 Å². The van der Waals surface area contributed by atoms with Crippen LogP contribution in [0.1, 0.15) is 25.3 Å². The number of hydrogen-bond donors (Lipinski definition) is 1. The molecule has 2 aromatic rings. The number of methoxy groups -OCH3 is 1. The van der Waals surface area contributed by atoms with Gasteiger partial charge in [-0.15, -0.1) is 0 Å². The molecule has 0 bridgehead atoms. The summed E-state index contributed by atoms with van der Waals surface area (Å²) in [5.74, 6) is 0.309. The number of likely N-dealkylation sites (tertiary alicyclic amines) is 1. The van der Waals surface area contributed by atoms with Crippen molar-refractivity contribution in [2.24, 2.45) is 0 Å². The summed E-state index contributed by atoms with van der Waals surface area (Å²) in [7, 11) is 1.60. The van der Waals surface area contributed by atoms with Crippen molar-refractivity contribution in [1.82, 2.24) is 9.80 Å². The van der Waals surface area contributed by atoms with E-state index in [2.05, 4.69) is 5.32 Å². The second-order valence-electron chi connectivity index (χ2n) is 7.12. The Morgan fingerprint density at radius 2 is 1.79 bits per heavy atom. The van der Waals surface area contributed by atoms with Crippen molar-refractivity contribution in [1.29, 1.82) is 0 Å². The average Bonchev–Trinajstić information content (AvgIpc) is 2.74. The molecule has 2 aromatic carbocycles. The van der Waals surface area contributed by atoms with Crippen molar-refractivity contribution in [3.05, 3.63) is 59.9 Å². The lowest BCUT2D eigenvalue weighted by molar-refractivity contribution is -0.130. The van der Waals surface area contributed by atoms with Crippen molar-refractivity contribution in [3.63, 3.8) is 0 Å². The van der Waals surface area contributed by atoms with Gasteiger partial charge in [-0.25, -0.2) is 9.18 Å². The third kappa shape index (κ3) is 5.25. The van der Waals surface area contributed by atoms with Gasteiger partial charge in [0.2, 0.25) is 5.91 Å². The van der Waals surface area contributed by atoms with Gasteiger partial charge in [0.15, 0.2) is 0 Å². The standard InChI is InChI=1S/C22H26FN3O3/c1-16(27)25-13-11-18(12-14-25)26(15-17-7-9-19(29-2)10-8-17)22(28)24-21-6-4-3-5-20(21)23/h3-10,18H,11-15H2,1-2H3,(H,24,28). The number of rotatable bonds is 5. The predicted molar refractivity (Wildman–Crippen MR) is 109 cm³/mol. The Kier molecular flexibility index (Phi) is 6.69. The lowest BCUT2D eigenvalue weighted by Crippen LogP contribution is -2.49. The van der Waals surface area contributed by atoms with Crippen LogP contribution in [0, 0.1) is 5.82 Å². The Morgan fingerprint density at radius 3 is 2.38 bits per heavy atom. The molecule has 1 aliphatic heterocycles. The van der Waals surface area contributed by atoms with Crippen molar-refractivity contribution >= 4 is 17.6 Å². The van der Waals surface area contributed by atoms with Crippen LogP contribution in [0.25, 0.3) is 0 Å². The molecule has 7 heteroatoms. The molecule has 3 amide bonds. The van der Waals surface area contributed by atoms with E-state index < -0.39 is 5.82 Å². The normalized spacial score (nSPS) is 14.4. The number of benzene rings is 2. The van der Waals surface area contributed by atoms with Gasteiger partial charge in [-0.1, -0.05) is 24.3 Å². The molecule has 1 saturated heterocycles. The molecule has 0 saturated carbocycles. The summed E-state index contributed by atoms with van der Waals surface area (Å²) in [6, 6.07) is 13.2. The first-order valence-electron chi connectivity index (χ1n) is 9.68. The summed E-state index contributed by atoms with van der Waals surface area (Å²) < 4.78 is 19.2. The van der Waals surface area contributed by atoms with Crippen LogP contribution >= 0.6 is 0 Å². The Balaban J connectivity index is 1.77. The maximum absolute atomic E-state index is 14.0. The Hall–Kier alpha value is -3.09. The van der Waals surface area contributed by atoms with E-state index in [-0.39, 0.29) is 23.7 Å². The van der Waals surface area contributed by atoms with Crippen molar-refractivity contribution in [2.45, 2.75) is 32.4 Å². The van der Waals surface area contributed by atoms with Crippen LogP contribution in [0.2, 0.25) is 0 Å². The lowest BCUT2D eigenvalue weighted by Gasteiger charge is -2.38. The van der Waals surface area contributed by atoms with E-state index in [9.17, 15) is 14.0 Å². The lowest BCUT2D eigenvalue weighted by atomic mass is 10.0. The van der Waals surface area contributed by atoms with E-state index in [1.54, 1.807) is 36.0 Å². The quantitative estimate of drug-likeness (QED) is 0.830. The summed E-state index contributed by atoms with van der Waals surface area (Å²) in [5, 5.41) is 2.69. The second kappa shape index (κ2) is 9.41. The fraction of sp³-hybridized carbons (Fsp3) is 0.364. The zero-order chi connectivity index (χ0) is 20.8. The molecule has 0 radical (unpaired) electrons. The SMILES string of the molecule is COc1ccc(CN(C(=O)Nc2ccccc2F)C2CCN(C(C)=O)CC2)cc1. The minimum absolute atomic E-state index is 0.0422. The summed E-state index contributed by atoms with van der Waals surface area (Å²) in [6.07, 6.45) is 1.36. The summed E-state index contributed by atoms with van der Waals surface area (Å²) in [6.45, 7) is 3.15. The highest BCUT2D eigenvalue weighted by molar-refractivity contribution is 5.89. The number of anilines is 1. The van der Waals surface area contributed by atoms with Crippen LogP contribution in [-0.2, 0) is 11.3 Å². The van der Waals surface area contributed by atoms with E-state index in [0.29, 0.717) is 32.5 Å². The zero-order valence-corrected chi connectivity index (χ0v) is 16.7. The first-order valence-corrected chi connectivity index (χ1v) is 9.68. The molecule has 1 N–H and O–H groups in total. The molecule has 1 heterocycles. The molecule has 0 unspecified atom stereocenters. The fourth-order valence-electron chi connectivity index (χ4n) is 3.54. The van der Waals surface area contributed by atoms with Gasteiger partial charge < -0.3 is 19.9 Å². The number of amides is 3. The van der Waals surface area contributed by atoms with Gasteiger partial charge in [0.1, 0.15) is 11.6 Å². The molecule has 29 heavy (non-hydrogen) atoms. The molecule has 0 aromatic heterocycles. The number of para-hydroxylation sites is 1. The average molecular weight is 399 g/mol. The molecule has 1 aliphatic rings. The maximum Gasteiger partial charge on any atom is 0.322 e. The number of carbonyl (C=O) groups excluding carboxylic acids is 2. The molecule has 3 rings (SSSR count). The number of carbonyl (C=O) groups is 2. The van der Waals surface area contributed by atoms with Gasteiger partial charge in [-0.3, -0.25) is 4.79 Å². The minimum atomic E-state index is -0.475. The van der Waals surface area contributed by atoms with Crippen LogP contribution in [0.3, 0.4) is 0 Å². The minimum Gasteiger partial charge on any atom is -0.497 e. The Bertz CT molecular complexity index is 849. The van der Waals surface area contributed by atoms with Gasteiger partial charge in [-0.2, -0.15) is 0 Å². The zero-order valence-electron chi connectivity index (χ0n) is 16.7. The van der Waals surface area contributed by atoms with E-state index >= 15 is 0 Å². The van der Waals surface area contributed by atoms with Gasteiger partial charge in [0.05, 0.1) is 12.8 Å². The van der Waals surface area contributed by atoms with Crippen molar-refractivity contribution < 1.29 is 18.7 Å². The molecular formula is C22H26FN3O3. The van der Waals surface area contributed by atoms with Gasteiger partial charge in [0, 0.05) is 32.6 Å². The summed E-state index contributed by atoms with van der Waals surface area (Å²) in [5.41, 5.74) is 1.10. The number of hydrogen-bond acceptors (Lipinski definition) is 3. The third-order valence-corrected chi connectivity index (χ3v) is 5.24. The highest BCUT2D eigenvalue weighted by Gasteiger charge is 2.29. The number of ether oxygens (including phenoxy) is 1. The highest BCUT2D eigenvalue weighted by atomic mass is 19.1. The van der Waals surface area contributed by atoms with Crippen LogP contribution in [0.4, 0.5) is 14.9 Å². The largest absolute Gasteiger partial charge is 0.497 e. The smallest absolute Gasteiger partial charge is 0.322 e. The van der Waals surface area contributed by atoms with Crippen LogP contribution < -0.4 is 10.1 Å². The molecule has 154 valence electrons. The molecule has 0 atom stereocenters. The molecule has 6 nitrogen and oxygen atoms in total. The van der Waals surface area contributed by atoms with E-state index in [1.807, 2.05) is 24.3 Å². The van der Waals surface area contributed by atoms with E-state index in [4.69, 9.17) is 4.74 Å². The topological polar surface area (TPSA) is 61.9 Å². The number of nitrogens with one attached hydrogen (secondary N) is 1. The third-order valence-electron chi connectivity index (χ3n) is 5.24. The molecular weight excluding hydrogens is 373 g/mol. The van der Waals surface area contributed by atoms with Crippen LogP contribution in [-0.4, -0.2) is 48.0 Å². The molecule has 1 fully saturated rings. The first-order chi connectivity index (χ1) is 14.0. The molecule has 0 spiro atoms. The van der Waals surface area contributed by atoms with Gasteiger partial charge in [0.25, 0.3) is 0 Å². The van der Waals surface area contributed by atoms with Crippen molar-refractivity contribution in [3.8, 4) is 5.75 Å². The number of piperidine rings is 1.